The van der Waals surface area contributed by atoms with Gasteiger partial charge in [0.2, 0.25) is 0 Å². The SMILES string of the molecule is CCOC(C)C(O)c1cccc2ccccc12. The molecule has 0 fully saturated rings. The average Bonchev–Trinajstić information content (AvgIpc) is 2.37. The van der Waals surface area contributed by atoms with Crippen LogP contribution in [0, 0.1) is 0 Å². The zero-order chi connectivity index (χ0) is 12.3. The number of rotatable bonds is 4. The Morgan fingerprint density at radius 3 is 2.59 bits per heavy atom. The van der Waals surface area contributed by atoms with Crippen molar-refractivity contribution in [2.45, 2.75) is 26.1 Å². The molecule has 2 aromatic carbocycles. The number of fused-ring (bicyclic) bond motifs is 1. The lowest BCUT2D eigenvalue weighted by Gasteiger charge is -2.20. The highest BCUT2D eigenvalue weighted by Gasteiger charge is 2.18. The highest BCUT2D eigenvalue weighted by Crippen LogP contribution is 2.27. The van der Waals surface area contributed by atoms with Gasteiger partial charge in [-0.05, 0) is 30.2 Å². The summed E-state index contributed by atoms with van der Waals surface area (Å²) in [4.78, 5) is 0. The maximum atomic E-state index is 10.3. The van der Waals surface area contributed by atoms with Gasteiger partial charge < -0.3 is 9.84 Å². The third-order valence-electron chi connectivity index (χ3n) is 3.02. The van der Waals surface area contributed by atoms with E-state index in [-0.39, 0.29) is 6.10 Å². The van der Waals surface area contributed by atoms with Crippen LogP contribution in [0.25, 0.3) is 10.8 Å². The van der Waals surface area contributed by atoms with Gasteiger partial charge in [0.05, 0.1) is 6.10 Å². The largest absolute Gasteiger partial charge is 0.386 e. The summed E-state index contributed by atoms with van der Waals surface area (Å²) in [5.41, 5.74) is 0.934. The van der Waals surface area contributed by atoms with E-state index in [0.29, 0.717) is 6.61 Å². The molecular weight excluding hydrogens is 212 g/mol. The monoisotopic (exact) mass is 230 g/mol. The molecule has 1 N–H and O–H groups in total. The zero-order valence-corrected chi connectivity index (χ0v) is 10.3. The molecule has 2 nitrogen and oxygen atoms in total. The molecule has 0 aromatic heterocycles. The highest BCUT2D eigenvalue weighted by atomic mass is 16.5. The van der Waals surface area contributed by atoms with E-state index in [1.54, 1.807) is 0 Å². The molecule has 2 unspecified atom stereocenters. The van der Waals surface area contributed by atoms with Crippen LogP contribution >= 0.6 is 0 Å². The van der Waals surface area contributed by atoms with Crippen molar-refractivity contribution in [1.82, 2.24) is 0 Å². The van der Waals surface area contributed by atoms with Gasteiger partial charge >= 0.3 is 0 Å². The molecule has 0 bridgehead atoms. The molecule has 2 aromatic rings. The van der Waals surface area contributed by atoms with Gasteiger partial charge in [-0.25, -0.2) is 0 Å². The van der Waals surface area contributed by atoms with Crippen LogP contribution < -0.4 is 0 Å². The molecule has 0 heterocycles. The van der Waals surface area contributed by atoms with Crippen LogP contribution in [0.15, 0.2) is 42.5 Å². The van der Waals surface area contributed by atoms with Gasteiger partial charge in [0.15, 0.2) is 0 Å². The first kappa shape index (κ1) is 12.1. The minimum Gasteiger partial charge on any atom is -0.386 e. The molecule has 0 aliphatic rings. The van der Waals surface area contributed by atoms with Crippen molar-refractivity contribution in [3.63, 3.8) is 0 Å². The van der Waals surface area contributed by atoms with Crippen molar-refractivity contribution in [2.24, 2.45) is 0 Å². The normalized spacial score (nSPS) is 14.8. The van der Waals surface area contributed by atoms with Crippen molar-refractivity contribution in [2.75, 3.05) is 6.61 Å². The number of aliphatic hydroxyl groups is 1. The van der Waals surface area contributed by atoms with Crippen LogP contribution in [0.5, 0.6) is 0 Å². The Balaban J connectivity index is 2.41. The minimum absolute atomic E-state index is 0.189. The molecule has 0 radical (unpaired) electrons. The number of hydrogen-bond donors (Lipinski definition) is 1. The van der Waals surface area contributed by atoms with E-state index < -0.39 is 6.10 Å². The van der Waals surface area contributed by atoms with E-state index in [2.05, 4.69) is 12.1 Å². The van der Waals surface area contributed by atoms with Crippen LogP contribution in [0.1, 0.15) is 25.5 Å². The third kappa shape index (κ3) is 2.48. The van der Waals surface area contributed by atoms with Crippen LogP contribution in [0.3, 0.4) is 0 Å². The molecular formula is C15H18O2. The number of ether oxygens (including phenoxy) is 1. The molecule has 2 atom stereocenters. The Morgan fingerprint density at radius 2 is 1.82 bits per heavy atom. The second-order valence-corrected chi connectivity index (χ2v) is 4.17. The van der Waals surface area contributed by atoms with Gasteiger partial charge in [-0.1, -0.05) is 42.5 Å². The van der Waals surface area contributed by atoms with Crippen molar-refractivity contribution >= 4 is 10.8 Å². The fourth-order valence-electron chi connectivity index (χ4n) is 2.12. The molecule has 0 aliphatic heterocycles. The van der Waals surface area contributed by atoms with E-state index in [4.69, 9.17) is 4.74 Å². The van der Waals surface area contributed by atoms with E-state index in [9.17, 15) is 5.11 Å². The summed E-state index contributed by atoms with van der Waals surface area (Å²) in [5, 5.41) is 12.5. The topological polar surface area (TPSA) is 29.5 Å². The van der Waals surface area contributed by atoms with E-state index in [0.717, 1.165) is 16.3 Å². The van der Waals surface area contributed by atoms with Gasteiger partial charge in [-0.15, -0.1) is 0 Å². The number of hydrogen-bond acceptors (Lipinski definition) is 2. The lowest BCUT2D eigenvalue weighted by atomic mass is 9.98. The minimum atomic E-state index is -0.582. The zero-order valence-electron chi connectivity index (χ0n) is 10.3. The van der Waals surface area contributed by atoms with Gasteiger partial charge in [-0.3, -0.25) is 0 Å². The highest BCUT2D eigenvalue weighted by molar-refractivity contribution is 5.86. The maximum Gasteiger partial charge on any atom is 0.105 e. The molecule has 0 saturated carbocycles. The summed E-state index contributed by atoms with van der Waals surface area (Å²) in [7, 11) is 0. The predicted octanol–water partition coefficient (Wildman–Crippen LogP) is 3.30. The fraction of sp³-hybridized carbons (Fsp3) is 0.333. The Hall–Kier alpha value is -1.38. The molecule has 0 spiro atoms. The predicted molar refractivity (Wildman–Crippen MR) is 70.0 cm³/mol. The first-order chi connectivity index (χ1) is 8.24. The lowest BCUT2D eigenvalue weighted by Crippen LogP contribution is -2.18. The second-order valence-electron chi connectivity index (χ2n) is 4.17. The second kappa shape index (κ2) is 5.30. The Labute approximate surface area is 102 Å². The smallest absolute Gasteiger partial charge is 0.105 e. The van der Waals surface area contributed by atoms with Crippen LogP contribution in [0.4, 0.5) is 0 Å². The van der Waals surface area contributed by atoms with Gasteiger partial charge in [0, 0.05) is 6.61 Å². The summed E-state index contributed by atoms with van der Waals surface area (Å²) >= 11 is 0. The quantitative estimate of drug-likeness (QED) is 0.873. The number of benzene rings is 2. The van der Waals surface area contributed by atoms with Gasteiger partial charge in [0.1, 0.15) is 6.10 Å². The van der Waals surface area contributed by atoms with Crippen LogP contribution in [-0.2, 0) is 4.74 Å². The summed E-state index contributed by atoms with van der Waals surface area (Å²) in [6.07, 6.45) is -0.771. The average molecular weight is 230 g/mol. The van der Waals surface area contributed by atoms with Crippen molar-refractivity contribution in [1.29, 1.82) is 0 Å². The number of aliphatic hydroxyl groups excluding tert-OH is 1. The third-order valence-corrected chi connectivity index (χ3v) is 3.02. The van der Waals surface area contributed by atoms with Crippen molar-refractivity contribution in [3.8, 4) is 0 Å². The Bertz CT molecular complexity index is 488. The van der Waals surface area contributed by atoms with E-state index >= 15 is 0 Å². The Kier molecular flexibility index (Phi) is 3.77. The standard InChI is InChI=1S/C15H18O2/c1-3-17-11(2)15(16)14-10-6-8-12-7-4-5-9-13(12)14/h4-11,15-16H,3H2,1-2H3. The molecule has 2 heteroatoms. The van der Waals surface area contributed by atoms with Gasteiger partial charge in [-0.2, -0.15) is 0 Å². The van der Waals surface area contributed by atoms with Crippen LogP contribution in [0.2, 0.25) is 0 Å². The molecule has 2 rings (SSSR count). The maximum absolute atomic E-state index is 10.3. The first-order valence-corrected chi connectivity index (χ1v) is 6.01. The summed E-state index contributed by atoms with van der Waals surface area (Å²) in [6.45, 7) is 4.45. The molecule has 0 aliphatic carbocycles. The fourth-order valence-corrected chi connectivity index (χ4v) is 2.12. The van der Waals surface area contributed by atoms with Crippen molar-refractivity contribution < 1.29 is 9.84 Å². The summed E-state index contributed by atoms with van der Waals surface area (Å²) in [6, 6.07) is 14.1. The van der Waals surface area contributed by atoms with E-state index in [1.165, 1.54) is 0 Å². The molecule has 90 valence electrons. The Morgan fingerprint density at radius 1 is 1.12 bits per heavy atom. The molecule has 0 saturated heterocycles. The lowest BCUT2D eigenvalue weighted by molar-refractivity contribution is -0.0221. The summed E-state index contributed by atoms with van der Waals surface area (Å²) in [5.74, 6) is 0. The first-order valence-electron chi connectivity index (χ1n) is 6.01. The van der Waals surface area contributed by atoms with Gasteiger partial charge in [0.25, 0.3) is 0 Å². The van der Waals surface area contributed by atoms with E-state index in [1.807, 2.05) is 44.2 Å². The van der Waals surface area contributed by atoms with Crippen LogP contribution in [-0.4, -0.2) is 17.8 Å². The summed E-state index contributed by atoms with van der Waals surface area (Å²) < 4.78 is 5.46. The molecule has 0 amide bonds. The molecule has 17 heavy (non-hydrogen) atoms. The van der Waals surface area contributed by atoms with Crippen molar-refractivity contribution in [3.05, 3.63) is 48.0 Å².